The first kappa shape index (κ1) is 15.0. The molecule has 0 spiro atoms. The molecule has 0 bridgehead atoms. The van der Waals surface area contributed by atoms with Crippen LogP contribution < -0.4 is 0 Å². The van der Waals surface area contributed by atoms with Gasteiger partial charge in [0.05, 0.1) is 11.7 Å². The van der Waals surface area contributed by atoms with Gasteiger partial charge in [-0.15, -0.1) is 0 Å². The fourth-order valence-electron chi connectivity index (χ4n) is 2.07. The Morgan fingerprint density at radius 2 is 1.75 bits per heavy atom. The molecule has 2 atom stereocenters. The molecule has 0 saturated carbocycles. The summed E-state index contributed by atoms with van der Waals surface area (Å²) in [5, 5.41) is 31.0. The molecular formula is C15H15BrO4. The van der Waals surface area contributed by atoms with Gasteiger partial charge in [0.25, 0.3) is 0 Å². The number of benzene rings is 2. The molecule has 2 rings (SSSR count). The molecule has 20 heavy (non-hydrogen) atoms. The number of hydrogen-bond donors (Lipinski definition) is 3. The van der Waals surface area contributed by atoms with Crippen molar-refractivity contribution in [3.63, 3.8) is 0 Å². The molecule has 2 unspecified atom stereocenters. The zero-order valence-corrected chi connectivity index (χ0v) is 12.2. The van der Waals surface area contributed by atoms with Gasteiger partial charge < -0.3 is 15.3 Å². The number of aliphatic hydroxyl groups excluding tert-OH is 2. The van der Waals surface area contributed by atoms with E-state index in [0.717, 1.165) is 10.8 Å². The Kier molecular flexibility index (Phi) is 4.75. The Hall–Kier alpha value is -1.43. The summed E-state index contributed by atoms with van der Waals surface area (Å²) in [6.07, 6.45) is -1.32. The number of carboxylic acids is 1. The van der Waals surface area contributed by atoms with Crippen molar-refractivity contribution in [2.75, 3.05) is 5.33 Å². The van der Waals surface area contributed by atoms with Gasteiger partial charge in [-0.2, -0.15) is 0 Å². The van der Waals surface area contributed by atoms with E-state index in [0.29, 0.717) is 17.3 Å². The van der Waals surface area contributed by atoms with Gasteiger partial charge >= 0.3 is 5.97 Å². The van der Waals surface area contributed by atoms with E-state index in [4.69, 9.17) is 5.11 Å². The number of rotatable bonds is 5. The minimum atomic E-state index is -0.969. The van der Waals surface area contributed by atoms with Crippen LogP contribution in [-0.4, -0.2) is 32.7 Å². The Bertz CT molecular complexity index is 626. The molecule has 106 valence electrons. The second-order valence-electron chi connectivity index (χ2n) is 4.62. The summed E-state index contributed by atoms with van der Waals surface area (Å²) in [7, 11) is 0. The van der Waals surface area contributed by atoms with Crippen LogP contribution in [0, 0.1) is 0 Å². The van der Waals surface area contributed by atoms with E-state index in [9.17, 15) is 15.0 Å². The molecule has 5 heteroatoms. The second kappa shape index (κ2) is 6.35. The third kappa shape index (κ3) is 3.17. The number of carbonyl (C=O) groups is 1. The summed E-state index contributed by atoms with van der Waals surface area (Å²) in [6, 6.07) is 10.0. The second-order valence-corrected chi connectivity index (χ2v) is 5.41. The van der Waals surface area contributed by atoms with Gasteiger partial charge in [-0.1, -0.05) is 34.1 Å². The minimum absolute atomic E-state index is 0.227. The summed E-state index contributed by atoms with van der Waals surface area (Å²) in [5.41, 5.74) is 0.846. The maximum Gasteiger partial charge on any atom is 0.335 e. The molecule has 2 aromatic carbocycles. The molecule has 0 aliphatic rings. The number of halogens is 1. The lowest BCUT2D eigenvalue weighted by Crippen LogP contribution is -2.18. The van der Waals surface area contributed by atoms with E-state index < -0.39 is 18.2 Å². The standard InChI is InChI=1S/C15H15BrO4/c16-6-5-13(17)14(18)11-3-1-10-8-12(15(19)20)4-2-9(10)7-11/h1-4,7-8,13-14,17-18H,5-6H2,(H,19,20). The number of alkyl halides is 1. The summed E-state index contributed by atoms with van der Waals surface area (Å²) in [4.78, 5) is 10.9. The SMILES string of the molecule is O=C(O)c1ccc2cc(C(O)C(O)CCBr)ccc2c1. The highest BCUT2D eigenvalue weighted by atomic mass is 79.9. The Morgan fingerprint density at radius 3 is 2.40 bits per heavy atom. The van der Waals surface area contributed by atoms with Crippen molar-refractivity contribution in [1.82, 2.24) is 0 Å². The topological polar surface area (TPSA) is 77.8 Å². The molecule has 3 N–H and O–H groups in total. The van der Waals surface area contributed by atoms with E-state index in [2.05, 4.69) is 15.9 Å². The number of fused-ring (bicyclic) bond motifs is 1. The van der Waals surface area contributed by atoms with Crippen LogP contribution in [0.1, 0.15) is 28.4 Å². The van der Waals surface area contributed by atoms with Crippen molar-refractivity contribution in [3.05, 3.63) is 47.5 Å². The summed E-state index contributed by atoms with van der Waals surface area (Å²) >= 11 is 3.23. The number of aliphatic hydroxyl groups is 2. The third-order valence-electron chi connectivity index (χ3n) is 3.22. The zero-order valence-electron chi connectivity index (χ0n) is 10.7. The van der Waals surface area contributed by atoms with Gasteiger partial charge in [-0.25, -0.2) is 4.79 Å². The lowest BCUT2D eigenvalue weighted by atomic mass is 9.98. The van der Waals surface area contributed by atoms with Crippen LogP contribution in [0.2, 0.25) is 0 Å². The van der Waals surface area contributed by atoms with Gasteiger partial charge in [0.15, 0.2) is 0 Å². The summed E-state index contributed by atoms with van der Waals surface area (Å²) in [5.74, 6) is -0.969. The predicted molar refractivity (Wildman–Crippen MR) is 80.3 cm³/mol. The average molecular weight is 339 g/mol. The van der Waals surface area contributed by atoms with Crippen LogP contribution in [0.4, 0.5) is 0 Å². The molecule has 0 radical (unpaired) electrons. The molecule has 0 aliphatic carbocycles. The average Bonchev–Trinajstić information content (AvgIpc) is 2.45. The van der Waals surface area contributed by atoms with E-state index in [1.807, 2.05) is 0 Å². The molecule has 0 fully saturated rings. The van der Waals surface area contributed by atoms with E-state index in [-0.39, 0.29) is 5.56 Å². The van der Waals surface area contributed by atoms with Crippen molar-refractivity contribution < 1.29 is 20.1 Å². The first-order valence-electron chi connectivity index (χ1n) is 6.22. The normalized spacial score (nSPS) is 14.2. The van der Waals surface area contributed by atoms with Crippen LogP contribution in [-0.2, 0) is 0 Å². The van der Waals surface area contributed by atoms with Gasteiger partial charge in [-0.3, -0.25) is 0 Å². The smallest absolute Gasteiger partial charge is 0.335 e. The highest BCUT2D eigenvalue weighted by molar-refractivity contribution is 9.09. The van der Waals surface area contributed by atoms with Crippen molar-refractivity contribution in [2.45, 2.75) is 18.6 Å². The van der Waals surface area contributed by atoms with Crippen LogP contribution >= 0.6 is 15.9 Å². The van der Waals surface area contributed by atoms with Gasteiger partial charge in [0.2, 0.25) is 0 Å². The number of aromatic carboxylic acids is 1. The van der Waals surface area contributed by atoms with Crippen LogP contribution in [0.15, 0.2) is 36.4 Å². The lowest BCUT2D eigenvalue weighted by molar-refractivity contribution is 0.0174. The van der Waals surface area contributed by atoms with Crippen molar-refractivity contribution in [1.29, 1.82) is 0 Å². The first-order chi connectivity index (χ1) is 9.52. The maximum atomic E-state index is 10.9. The Morgan fingerprint density at radius 1 is 1.10 bits per heavy atom. The Balaban J connectivity index is 2.34. The van der Waals surface area contributed by atoms with Crippen molar-refractivity contribution >= 4 is 32.7 Å². The molecule has 0 aliphatic heterocycles. The van der Waals surface area contributed by atoms with Crippen molar-refractivity contribution in [2.24, 2.45) is 0 Å². The molecular weight excluding hydrogens is 324 g/mol. The molecule has 0 aromatic heterocycles. The van der Waals surface area contributed by atoms with Crippen molar-refractivity contribution in [3.8, 4) is 0 Å². The predicted octanol–water partition coefficient (Wildman–Crippen LogP) is 2.72. The van der Waals surface area contributed by atoms with E-state index >= 15 is 0 Å². The summed E-state index contributed by atoms with van der Waals surface area (Å²) in [6.45, 7) is 0. The molecule has 0 heterocycles. The molecule has 0 amide bonds. The molecule has 4 nitrogen and oxygen atoms in total. The highest BCUT2D eigenvalue weighted by Crippen LogP contribution is 2.24. The van der Waals surface area contributed by atoms with Gasteiger partial charge in [-0.05, 0) is 41.0 Å². The van der Waals surface area contributed by atoms with Gasteiger partial charge in [0, 0.05) is 5.33 Å². The van der Waals surface area contributed by atoms with E-state index in [1.54, 1.807) is 30.3 Å². The first-order valence-corrected chi connectivity index (χ1v) is 7.34. The monoisotopic (exact) mass is 338 g/mol. The molecule has 2 aromatic rings. The van der Waals surface area contributed by atoms with Gasteiger partial charge in [0.1, 0.15) is 6.10 Å². The van der Waals surface area contributed by atoms with E-state index in [1.165, 1.54) is 6.07 Å². The Labute approximate surface area is 124 Å². The quantitative estimate of drug-likeness (QED) is 0.732. The minimum Gasteiger partial charge on any atom is -0.478 e. The van der Waals surface area contributed by atoms with Crippen LogP contribution in [0.25, 0.3) is 10.8 Å². The largest absolute Gasteiger partial charge is 0.478 e. The lowest BCUT2D eigenvalue weighted by Gasteiger charge is -2.17. The highest BCUT2D eigenvalue weighted by Gasteiger charge is 2.18. The summed E-state index contributed by atoms with van der Waals surface area (Å²) < 4.78 is 0. The fourth-order valence-corrected chi connectivity index (χ4v) is 2.54. The number of carboxylic acid groups (broad SMARTS) is 1. The number of hydrogen-bond acceptors (Lipinski definition) is 3. The van der Waals surface area contributed by atoms with Crippen LogP contribution in [0.5, 0.6) is 0 Å². The van der Waals surface area contributed by atoms with Crippen LogP contribution in [0.3, 0.4) is 0 Å². The molecule has 0 saturated heterocycles. The zero-order chi connectivity index (χ0) is 14.7. The fraction of sp³-hybridized carbons (Fsp3) is 0.267. The third-order valence-corrected chi connectivity index (χ3v) is 3.68. The maximum absolute atomic E-state index is 10.9.